The molecule has 27 heavy (non-hydrogen) atoms. The van der Waals surface area contributed by atoms with Crippen molar-refractivity contribution in [3.8, 4) is 5.75 Å². The lowest BCUT2D eigenvalue weighted by Crippen LogP contribution is -2.45. The molecule has 0 aliphatic heterocycles. The Morgan fingerprint density at radius 3 is 2.56 bits per heavy atom. The van der Waals surface area contributed by atoms with Gasteiger partial charge < -0.3 is 20.1 Å². The van der Waals surface area contributed by atoms with Crippen molar-refractivity contribution in [2.24, 2.45) is 0 Å². The molecule has 2 N–H and O–H groups in total. The first kappa shape index (κ1) is 21.3. The van der Waals surface area contributed by atoms with E-state index < -0.39 is 18.1 Å². The number of carbonyl (C=O) groups excluding carboxylic acids is 1. The summed E-state index contributed by atoms with van der Waals surface area (Å²) in [6.07, 6.45) is -1.59. The molecule has 2 unspecified atom stereocenters. The molecule has 0 radical (unpaired) electrons. The minimum Gasteiger partial charge on any atom is -0.444 e. The third kappa shape index (κ3) is 8.51. The third-order valence-electron chi connectivity index (χ3n) is 4.12. The zero-order chi connectivity index (χ0) is 20.1. The predicted octanol–water partition coefficient (Wildman–Crippen LogP) is 4.51. The lowest BCUT2D eigenvalue weighted by molar-refractivity contribution is -0.274. The second kappa shape index (κ2) is 8.82. The monoisotopic (exact) mass is 388 g/mol. The van der Waals surface area contributed by atoms with Crippen LogP contribution in [0.15, 0.2) is 24.3 Å². The summed E-state index contributed by atoms with van der Waals surface area (Å²) in [5.41, 5.74) is 0.166. The second-order valence-electron chi connectivity index (χ2n) is 7.78. The average Bonchev–Trinajstić information content (AvgIpc) is 2.50. The van der Waals surface area contributed by atoms with Gasteiger partial charge in [0.05, 0.1) is 0 Å². The van der Waals surface area contributed by atoms with E-state index in [1.165, 1.54) is 18.2 Å². The van der Waals surface area contributed by atoms with E-state index in [2.05, 4.69) is 15.4 Å². The van der Waals surface area contributed by atoms with Crippen LogP contribution >= 0.6 is 0 Å². The van der Waals surface area contributed by atoms with Crippen molar-refractivity contribution in [3.05, 3.63) is 29.8 Å². The molecule has 1 aromatic rings. The number of halogens is 3. The van der Waals surface area contributed by atoms with E-state index >= 15 is 0 Å². The number of nitrogens with one attached hydrogen (secondary N) is 2. The van der Waals surface area contributed by atoms with Gasteiger partial charge in [0, 0.05) is 18.6 Å². The van der Waals surface area contributed by atoms with Gasteiger partial charge in [-0.25, -0.2) is 4.79 Å². The highest BCUT2D eigenvalue weighted by molar-refractivity contribution is 5.68. The molecule has 0 heterocycles. The van der Waals surface area contributed by atoms with E-state index in [1.807, 2.05) is 20.8 Å². The lowest BCUT2D eigenvalue weighted by Gasteiger charge is -2.31. The fourth-order valence-electron chi connectivity index (χ4n) is 3.10. The van der Waals surface area contributed by atoms with Gasteiger partial charge in [-0.3, -0.25) is 0 Å². The number of amides is 1. The number of ether oxygens (including phenoxy) is 2. The summed E-state index contributed by atoms with van der Waals surface area (Å²) in [7, 11) is 0. The Morgan fingerprint density at radius 2 is 1.89 bits per heavy atom. The predicted molar refractivity (Wildman–Crippen MR) is 95.4 cm³/mol. The SMILES string of the molecule is CC(C)(C)OC(=O)NC1CCCC(NCc2cccc(OC(F)(F)F)c2)C1. The molecule has 0 saturated heterocycles. The van der Waals surface area contributed by atoms with Crippen LogP contribution in [0.2, 0.25) is 0 Å². The molecular weight excluding hydrogens is 361 g/mol. The summed E-state index contributed by atoms with van der Waals surface area (Å²) in [6, 6.07) is 6.12. The largest absolute Gasteiger partial charge is 0.573 e. The van der Waals surface area contributed by atoms with Gasteiger partial charge in [-0.15, -0.1) is 13.2 Å². The Balaban J connectivity index is 1.82. The third-order valence-corrected chi connectivity index (χ3v) is 4.12. The molecule has 8 heteroatoms. The Kier molecular flexibility index (Phi) is 6.97. The maximum Gasteiger partial charge on any atom is 0.573 e. The minimum atomic E-state index is -4.70. The Bertz CT molecular complexity index is 629. The Hall–Kier alpha value is -1.96. The van der Waals surface area contributed by atoms with Crippen molar-refractivity contribution in [2.75, 3.05) is 0 Å². The summed E-state index contributed by atoms with van der Waals surface area (Å²) < 4.78 is 46.2. The van der Waals surface area contributed by atoms with Crippen molar-refractivity contribution < 1.29 is 27.4 Å². The standard InChI is InChI=1S/C19H27F3N2O3/c1-18(2,3)27-17(25)24-15-8-5-7-14(11-15)23-12-13-6-4-9-16(10-13)26-19(20,21)22/h4,6,9-10,14-15,23H,5,7-8,11-12H2,1-3H3,(H,24,25). The number of rotatable bonds is 5. The maximum absolute atomic E-state index is 12.3. The van der Waals surface area contributed by atoms with E-state index in [1.54, 1.807) is 6.07 Å². The van der Waals surface area contributed by atoms with Crippen LogP contribution in [0.4, 0.5) is 18.0 Å². The normalized spacial score (nSPS) is 20.8. The molecule has 0 spiro atoms. The van der Waals surface area contributed by atoms with Gasteiger partial charge in [-0.05, 0) is 64.2 Å². The smallest absolute Gasteiger partial charge is 0.444 e. The molecule has 5 nitrogen and oxygen atoms in total. The molecule has 1 saturated carbocycles. The van der Waals surface area contributed by atoms with E-state index in [9.17, 15) is 18.0 Å². The summed E-state index contributed by atoms with van der Waals surface area (Å²) in [5, 5.41) is 6.24. The lowest BCUT2D eigenvalue weighted by atomic mass is 9.91. The van der Waals surface area contributed by atoms with Crippen LogP contribution in [-0.2, 0) is 11.3 Å². The van der Waals surface area contributed by atoms with Gasteiger partial charge in [-0.2, -0.15) is 0 Å². The van der Waals surface area contributed by atoms with Crippen molar-refractivity contribution in [1.82, 2.24) is 10.6 Å². The Morgan fingerprint density at radius 1 is 1.19 bits per heavy atom. The average molecular weight is 388 g/mol. The van der Waals surface area contributed by atoms with Gasteiger partial charge in [0.15, 0.2) is 0 Å². The highest BCUT2D eigenvalue weighted by Gasteiger charge is 2.31. The van der Waals surface area contributed by atoms with E-state index in [0.717, 1.165) is 25.7 Å². The fourth-order valence-corrected chi connectivity index (χ4v) is 3.10. The molecule has 152 valence electrons. The highest BCUT2D eigenvalue weighted by atomic mass is 19.4. The fraction of sp³-hybridized carbons (Fsp3) is 0.632. The molecule has 1 aromatic carbocycles. The van der Waals surface area contributed by atoms with Crippen LogP contribution in [0.25, 0.3) is 0 Å². The number of benzene rings is 1. The van der Waals surface area contributed by atoms with Crippen LogP contribution in [-0.4, -0.2) is 30.1 Å². The maximum atomic E-state index is 12.3. The minimum absolute atomic E-state index is 0.0194. The van der Waals surface area contributed by atoms with Gasteiger partial charge >= 0.3 is 12.5 Å². The van der Waals surface area contributed by atoms with Crippen LogP contribution in [0.5, 0.6) is 5.75 Å². The summed E-state index contributed by atoms with van der Waals surface area (Å²) in [4.78, 5) is 11.9. The quantitative estimate of drug-likeness (QED) is 0.779. The molecule has 2 atom stereocenters. The molecule has 0 aromatic heterocycles. The first-order valence-electron chi connectivity index (χ1n) is 9.08. The molecule has 2 rings (SSSR count). The van der Waals surface area contributed by atoms with E-state index in [4.69, 9.17) is 4.74 Å². The molecule has 1 aliphatic rings. The topological polar surface area (TPSA) is 59.6 Å². The van der Waals surface area contributed by atoms with Gasteiger partial charge in [-0.1, -0.05) is 12.1 Å². The molecule has 0 bridgehead atoms. The summed E-state index contributed by atoms with van der Waals surface area (Å²) in [5.74, 6) is -0.227. The van der Waals surface area contributed by atoms with Crippen LogP contribution in [0, 0.1) is 0 Å². The zero-order valence-electron chi connectivity index (χ0n) is 15.9. The zero-order valence-corrected chi connectivity index (χ0v) is 15.9. The number of hydrogen-bond acceptors (Lipinski definition) is 4. The van der Waals surface area contributed by atoms with E-state index in [-0.39, 0.29) is 17.8 Å². The molecular formula is C19H27F3N2O3. The van der Waals surface area contributed by atoms with Crippen LogP contribution in [0.3, 0.4) is 0 Å². The van der Waals surface area contributed by atoms with Crippen LogP contribution < -0.4 is 15.4 Å². The van der Waals surface area contributed by atoms with Gasteiger partial charge in [0.1, 0.15) is 11.4 Å². The number of alkyl halides is 3. The van der Waals surface area contributed by atoms with Crippen molar-refractivity contribution in [1.29, 1.82) is 0 Å². The second-order valence-corrected chi connectivity index (χ2v) is 7.78. The van der Waals surface area contributed by atoms with Gasteiger partial charge in [0.25, 0.3) is 0 Å². The highest BCUT2D eigenvalue weighted by Crippen LogP contribution is 2.24. The first-order valence-corrected chi connectivity index (χ1v) is 9.08. The number of alkyl carbamates (subject to hydrolysis) is 1. The number of carbonyl (C=O) groups is 1. The summed E-state index contributed by atoms with van der Waals surface area (Å²) in [6.45, 7) is 5.87. The summed E-state index contributed by atoms with van der Waals surface area (Å²) >= 11 is 0. The molecule has 1 fully saturated rings. The first-order chi connectivity index (χ1) is 12.5. The van der Waals surface area contributed by atoms with Crippen molar-refractivity contribution >= 4 is 6.09 Å². The van der Waals surface area contributed by atoms with Crippen molar-refractivity contribution in [3.63, 3.8) is 0 Å². The van der Waals surface area contributed by atoms with E-state index in [0.29, 0.717) is 12.1 Å². The van der Waals surface area contributed by atoms with Crippen molar-refractivity contribution in [2.45, 2.75) is 77.0 Å². The van der Waals surface area contributed by atoms with Gasteiger partial charge in [0.2, 0.25) is 0 Å². The molecule has 1 amide bonds. The Labute approximate surface area is 157 Å². The molecule has 1 aliphatic carbocycles. The number of hydrogen-bond donors (Lipinski definition) is 2. The van der Waals surface area contributed by atoms with Crippen LogP contribution in [0.1, 0.15) is 52.0 Å².